The summed E-state index contributed by atoms with van der Waals surface area (Å²) in [5.74, 6) is -0.877. The lowest BCUT2D eigenvalue weighted by Gasteiger charge is -2.25. The fourth-order valence-corrected chi connectivity index (χ4v) is 1.99. The van der Waals surface area contributed by atoms with Gasteiger partial charge >= 0.3 is 5.97 Å². The van der Waals surface area contributed by atoms with E-state index in [0.29, 0.717) is 26.1 Å². The highest BCUT2D eigenvalue weighted by molar-refractivity contribution is 5.82. The number of carboxylic acid groups (broad SMARTS) is 1. The lowest BCUT2D eigenvalue weighted by Crippen LogP contribution is -2.45. The van der Waals surface area contributed by atoms with Gasteiger partial charge < -0.3 is 10.4 Å². The molecule has 1 aliphatic rings. The van der Waals surface area contributed by atoms with Crippen molar-refractivity contribution in [2.24, 2.45) is 5.41 Å². The molecule has 5 nitrogen and oxygen atoms in total. The number of nitrogens with zero attached hydrogens (tertiary/aromatic N) is 1. The van der Waals surface area contributed by atoms with E-state index in [0.717, 1.165) is 0 Å². The second-order valence-corrected chi connectivity index (χ2v) is 4.80. The fraction of sp³-hybridized carbons (Fsp3) is 0.667. The van der Waals surface area contributed by atoms with Crippen LogP contribution >= 0.6 is 0 Å². The first-order chi connectivity index (χ1) is 7.90. The summed E-state index contributed by atoms with van der Waals surface area (Å²) in [6.07, 6.45) is 2.21. The third-order valence-electron chi connectivity index (χ3n) is 3.37. The normalized spacial score (nSPS) is 26.5. The molecule has 2 N–H and O–H groups in total. The minimum Gasteiger partial charge on any atom is -0.481 e. The quantitative estimate of drug-likeness (QED) is 0.686. The molecular formula is C12H20N2O3. The molecule has 0 spiro atoms. The number of hydrogen-bond donors (Lipinski definition) is 2. The standard InChI is InChI=1S/C12H20N2O3/c1-4-6-13-10(15)9(2)14-7-5-12(3,8-14)11(16)17/h4,9H,1,5-8H2,2-3H3,(H,13,15)(H,16,17). The number of rotatable bonds is 5. The number of nitrogens with one attached hydrogen (secondary N) is 1. The van der Waals surface area contributed by atoms with Gasteiger partial charge in [0.05, 0.1) is 11.5 Å². The van der Waals surface area contributed by atoms with Crippen molar-refractivity contribution in [2.75, 3.05) is 19.6 Å². The smallest absolute Gasteiger partial charge is 0.310 e. The van der Waals surface area contributed by atoms with Crippen LogP contribution in [0.15, 0.2) is 12.7 Å². The second-order valence-electron chi connectivity index (χ2n) is 4.80. The molecule has 0 radical (unpaired) electrons. The van der Waals surface area contributed by atoms with Crippen LogP contribution in [-0.4, -0.2) is 47.6 Å². The first-order valence-electron chi connectivity index (χ1n) is 5.77. The van der Waals surface area contributed by atoms with E-state index in [2.05, 4.69) is 11.9 Å². The van der Waals surface area contributed by atoms with E-state index in [-0.39, 0.29) is 11.9 Å². The molecular weight excluding hydrogens is 220 g/mol. The summed E-state index contributed by atoms with van der Waals surface area (Å²) in [6.45, 7) is 8.56. The molecule has 17 heavy (non-hydrogen) atoms. The van der Waals surface area contributed by atoms with Gasteiger partial charge in [0.1, 0.15) is 0 Å². The highest BCUT2D eigenvalue weighted by atomic mass is 16.4. The molecule has 1 aliphatic heterocycles. The summed E-state index contributed by atoms with van der Waals surface area (Å²) in [4.78, 5) is 24.7. The molecule has 2 atom stereocenters. The van der Waals surface area contributed by atoms with Crippen LogP contribution in [0.4, 0.5) is 0 Å². The Morgan fingerprint density at radius 3 is 2.76 bits per heavy atom. The van der Waals surface area contributed by atoms with Gasteiger partial charge in [0.25, 0.3) is 0 Å². The number of aliphatic carboxylic acids is 1. The van der Waals surface area contributed by atoms with E-state index < -0.39 is 11.4 Å². The fourth-order valence-electron chi connectivity index (χ4n) is 1.99. The van der Waals surface area contributed by atoms with Crippen LogP contribution in [0.2, 0.25) is 0 Å². The minimum absolute atomic E-state index is 0.0838. The van der Waals surface area contributed by atoms with Crippen molar-refractivity contribution in [3.05, 3.63) is 12.7 Å². The van der Waals surface area contributed by atoms with Crippen molar-refractivity contribution < 1.29 is 14.7 Å². The molecule has 5 heteroatoms. The lowest BCUT2D eigenvalue weighted by atomic mass is 9.90. The lowest BCUT2D eigenvalue weighted by molar-refractivity contribution is -0.147. The largest absolute Gasteiger partial charge is 0.481 e. The molecule has 0 aliphatic carbocycles. The number of carbonyl (C=O) groups excluding carboxylic acids is 1. The van der Waals surface area contributed by atoms with Crippen LogP contribution in [0.1, 0.15) is 20.3 Å². The van der Waals surface area contributed by atoms with Gasteiger partial charge in [-0.2, -0.15) is 0 Å². The van der Waals surface area contributed by atoms with Crippen molar-refractivity contribution in [2.45, 2.75) is 26.3 Å². The average Bonchev–Trinajstić information content (AvgIpc) is 2.69. The molecule has 1 fully saturated rings. The summed E-state index contributed by atoms with van der Waals surface area (Å²) < 4.78 is 0. The maximum absolute atomic E-state index is 11.7. The zero-order chi connectivity index (χ0) is 13.1. The van der Waals surface area contributed by atoms with Gasteiger partial charge in [0.15, 0.2) is 0 Å². The van der Waals surface area contributed by atoms with Crippen LogP contribution in [0.25, 0.3) is 0 Å². The summed E-state index contributed by atoms with van der Waals surface area (Å²) in [7, 11) is 0. The Hall–Kier alpha value is -1.36. The maximum atomic E-state index is 11.7. The zero-order valence-corrected chi connectivity index (χ0v) is 10.4. The first kappa shape index (κ1) is 13.7. The maximum Gasteiger partial charge on any atom is 0.310 e. The van der Waals surface area contributed by atoms with Crippen LogP contribution in [0.5, 0.6) is 0 Å². The minimum atomic E-state index is -0.793. The molecule has 0 saturated carbocycles. The molecule has 1 amide bonds. The monoisotopic (exact) mass is 240 g/mol. The number of carbonyl (C=O) groups is 2. The first-order valence-corrected chi connectivity index (χ1v) is 5.77. The van der Waals surface area contributed by atoms with Crippen LogP contribution in [0.3, 0.4) is 0 Å². The molecule has 0 aromatic heterocycles. The van der Waals surface area contributed by atoms with Gasteiger partial charge in [-0.25, -0.2) is 0 Å². The van der Waals surface area contributed by atoms with Crippen LogP contribution < -0.4 is 5.32 Å². The van der Waals surface area contributed by atoms with Crippen molar-refractivity contribution >= 4 is 11.9 Å². The van der Waals surface area contributed by atoms with E-state index in [1.165, 1.54) is 0 Å². The van der Waals surface area contributed by atoms with Crippen molar-refractivity contribution in [3.63, 3.8) is 0 Å². The molecule has 1 heterocycles. The third-order valence-corrected chi connectivity index (χ3v) is 3.37. The Kier molecular flexibility index (Phi) is 4.28. The molecule has 96 valence electrons. The van der Waals surface area contributed by atoms with Gasteiger partial charge in [-0.1, -0.05) is 6.08 Å². The van der Waals surface area contributed by atoms with Gasteiger partial charge in [-0.15, -0.1) is 6.58 Å². The second kappa shape index (κ2) is 5.31. The Bertz CT molecular complexity index is 330. The highest BCUT2D eigenvalue weighted by Crippen LogP contribution is 2.31. The van der Waals surface area contributed by atoms with Crippen LogP contribution in [0, 0.1) is 5.41 Å². The topological polar surface area (TPSA) is 69.6 Å². The van der Waals surface area contributed by atoms with Crippen molar-refractivity contribution in [3.8, 4) is 0 Å². The average molecular weight is 240 g/mol. The molecule has 1 saturated heterocycles. The predicted octanol–water partition coefficient (Wildman–Crippen LogP) is 0.474. The number of carboxylic acids is 1. The van der Waals surface area contributed by atoms with Crippen molar-refractivity contribution in [1.29, 1.82) is 0 Å². The summed E-state index contributed by atoms with van der Waals surface area (Å²) in [5.41, 5.74) is -0.729. The van der Waals surface area contributed by atoms with Gasteiger partial charge in [0.2, 0.25) is 5.91 Å². The van der Waals surface area contributed by atoms with E-state index >= 15 is 0 Å². The summed E-state index contributed by atoms with van der Waals surface area (Å²) >= 11 is 0. The molecule has 0 bridgehead atoms. The number of hydrogen-bond acceptors (Lipinski definition) is 3. The van der Waals surface area contributed by atoms with Gasteiger partial charge in [-0.3, -0.25) is 14.5 Å². The number of likely N-dealkylation sites (tertiary alicyclic amines) is 1. The van der Waals surface area contributed by atoms with Crippen LogP contribution in [-0.2, 0) is 9.59 Å². The summed E-state index contributed by atoms with van der Waals surface area (Å²) in [5, 5.41) is 11.8. The molecule has 1 rings (SSSR count). The Morgan fingerprint density at radius 1 is 1.65 bits per heavy atom. The molecule has 0 aromatic carbocycles. The van der Waals surface area contributed by atoms with E-state index in [9.17, 15) is 9.59 Å². The number of amides is 1. The zero-order valence-electron chi connectivity index (χ0n) is 10.4. The van der Waals surface area contributed by atoms with Gasteiger partial charge in [0, 0.05) is 19.6 Å². The summed E-state index contributed by atoms with van der Waals surface area (Å²) in [6, 6.07) is -0.295. The predicted molar refractivity (Wildman–Crippen MR) is 64.6 cm³/mol. The molecule has 0 aromatic rings. The van der Waals surface area contributed by atoms with E-state index in [4.69, 9.17) is 5.11 Å². The van der Waals surface area contributed by atoms with Crippen molar-refractivity contribution in [1.82, 2.24) is 10.2 Å². The Morgan fingerprint density at radius 2 is 2.29 bits per heavy atom. The SMILES string of the molecule is C=CCNC(=O)C(C)N1CCC(C)(C(=O)O)C1. The Labute approximate surface area is 101 Å². The van der Waals surface area contributed by atoms with E-state index in [1.54, 1.807) is 19.9 Å². The Balaban J connectivity index is 2.56. The van der Waals surface area contributed by atoms with E-state index in [1.807, 2.05) is 4.90 Å². The van der Waals surface area contributed by atoms with Gasteiger partial charge in [-0.05, 0) is 20.3 Å². The third kappa shape index (κ3) is 3.06. The highest BCUT2D eigenvalue weighted by Gasteiger charge is 2.42. The molecule has 2 unspecified atom stereocenters.